The second-order valence-electron chi connectivity index (χ2n) is 8.25. The van der Waals surface area contributed by atoms with Crippen molar-refractivity contribution in [2.45, 2.75) is 54.0 Å². The van der Waals surface area contributed by atoms with E-state index in [-0.39, 0.29) is 5.54 Å². The fourth-order valence-corrected chi connectivity index (χ4v) is 5.01. The van der Waals surface area contributed by atoms with Crippen LogP contribution in [0.15, 0.2) is 28.7 Å². The third-order valence-corrected chi connectivity index (χ3v) is 6.65. The molecule has 26 heavy (non-hydrogen) atoms. The van der Waals surface area contributed by atoms with Crippen molar-refractivity contribution in [3.8, 4) is 11.5 Å². The lowest BCUT2D eigenvalue weighted by molar-refractivity contribution is -0.707. The minimum Gasteiger partial charge on any atom is -0.452 e. The lowest BCUT2D eigenvalue weighted by atomic mass is 9.93. The van der Waals surface area contributed by atoms with Crippen molar-refractivity contribution < 1.29 is 8.98 Å². The summed E-state index contributed by atoms with van der Waals surface area (Å²) >= 11 is 0. The third-order valence-electron chi connectivity index (χ3n) is 6.65. The topological polar surface area (TPSA) is 21.4 Å². The van der Waals surface area contributed by atoms with Crippen LogP contribution in [0.2, 0.25) is 0 Å². The molecule has 0 bridgehead atoms. The van der Waals surface area contributed by atoms with Gasteiger partial charge in [-0.1, -0.05) is 18.2 Å². The summed E-state index contributed by atoms with van der Waals surface area (Å²) < 4.78 is 11.3. The minimum absolute atomic E-state index is 0.157. The number of imidazole rings is 1. The van der Waals surface area contributed by atoms with Crippen LogP contribution < -0.4 is 4.57 Å². The van der Waals surface area contributed by atoms with Gasteiger partial charge in [0.1, 0.15) is 16.8 Å². The molecule has 0 unspecified atom stereocenters. The number of para-hydroxylation sites is 1. The Bertz CT molecular complexity index is 1250. The van der Waals surface area contributed by atoms with Crippen molar-refractivity contribution in [3.05, 3.63) is 57.9 Å². The van der Waals surface area contributed by atoms with Crippen LogP contribution in [0.25, 0.3) is 28.1 Å². The molecule has 3 heteroatoms. The summed E-state index contributed by atoms with van der Waals surface area (Å²) in [6.45, 7) is 15.8. The zero-order chi connectivity index (χ0) is 18.5. The van der Waals surface area contributed by atoms with E-state index in [2.05, 4.69) is 75.6 Å². The number of fused-ring (bicyclic) bond motifs is 7. The summed E-state index contributed by atoms with van der Waals surface area (Å²) in [5, 5.41) is 1.23. The first kappa shape index (κ1) is 15.7. The summed E-state index contributed by atoms with van der Waals surface area (Å²) in [7, 11) is 0. The molecule has 0 saturated heterocycles. The van der Waals surface area contributed by atoms with Gasteiger partial charge in [-0.15, -0.1) is 0 Å². The summed E-state index contributed by atoms with van der Waals surface area (Å²) in [5.74, 6) is 1.03. The predicted octanol–water partition coefficient (Wildman–Crippen LogP) is 5.28. The van der Waals surface area contributed by atoms with Crippen LogP contribution in [0.3, 0.4) is 0 Å². The molecule has 0 fully saturated rings. The smallest absolute Gasteiger partial charge is 0.291 e. The minimum atomic E-state index is -0.157. The molecule has 1 aliphatic heterocycles. The van der Waals surface area contributed by atoms with Crippen molar-refractivity contribution in [2.75, 3.05) is 0 Å². The predicted molar refractivity (Wildman–Crippen MR) is 105 cm³/mol. The Labute approximate surface area is 153 Å². The number of furan rings is 1. The lowest BCUT2D eigenvalue weighted by Gasteiger charge is -2.19. The van der Waals surface area contributed by atoms with Gasteiger partial charge in [0.05, 0.1) is 5.56 Å². The highest BCUT2D eigenvalue weighted by molar-refractivity contribution is 5.89. The van der Waals surface area contributed by atoms with Crippen molar-refractivity contribution in [1.29, 1.82) is 0 Å². The number of hydrogen-bond donors (Lipinski definition) is 0. The number of benzene rings is 1. The van der Waals surface area contributed by atoms with Gasteiger partial charge in [0.2, 0.25) is 5.69 Å². The average Bonchev–Trinajstić information content (AvgIpc) is 3.20. The fourth-order valence-electron chi connectivity index (χ4n) is 5.01. The maximum absolute atomic E-state index is 6.39. The molecule has 4 heterocycles. The zero-order valence-corrected chi connectivity index (χ0v) is 16.6. The van der Waals surface area contributed by atoms with Crippen LogP contribution in [-0.4, -0.2) is 4.40 Å². The van der Waals surface area contributed by atoms with Crippen molar-refractivity contribution in [2.24, 2.45) is 0 Å². The second kappa shape index (κ2) is 4.59. The van der Waals surface area contributed by atoms with E-state index >= 15 is 0 Å². The molecule has 4 aromatic rings. The molecule has 1 aliphatic rings. The molecule has 3 nitrogen and oxygen atoms in total. The SMILES string of the molecule is Cc1c(C)c(C)n2c(C)c3[n+](c2c1C)C(C)(C)c1c-3oc2ccccc12. The Hall–Kier alpha value is -2.55. The average molecular weight is 345 g/mol. The van der Waals surface area contributed by atoms with Crippen LogP contribution in [0.1, 0.15) is 47.5 Å². The molecule has 132 valence electrons. The Balaban J connectivity index is 2.05. The highest BCUT2D eigenvalue weighted by Crippen LogP contribution is 2.46. The lowest BCUT2D eigenvalue weighted by Crippen LogP contribution is -2.50. The fraction of sp³-hybridized carbons (Fsp3) is 0.348. The first-order chi connectivity index (χ1) is 12.3. The van der Waals surface area contributed by atoms with Gasteiger partial charge in [0.15, 0.2) is 11.5 Å². The van der Waals surface area contributed by atoms with E-state index in [1.54, 1.807) is 0 Å². The highest BCUT2D eigenvalue weighted by atomic mass is 16.3. The van der Waals surface area contributed by atoms with Gasteiger partial charge in [0, 0.05) is 17.9 Å². The maximum Gasteiger partial charge on any atom is 0.291 e. The Morgan fingerprint density at radius 1 is 0.885 bits per heavy atom. The molecule has 0 atom stereocenters. The summed E-state index contributed by atoms with van der Waals surface area (Å²) in [6.07, 6.45) is 0. The van der Waals surface area contributed by atoms with Crippen molar-refractivity contribution in [1.82, 2.24) is 4.40 Å². The van der Waals surface area contributed by atoms with Crippen molar-refractivity contribution in [3.63, 3.8) is 0 Å². The summed E-state index contributed by atoms with van der Waals surface area (Å²) in [6, 6.07) is 8.41. The number of aromatic nitrogens is 2. The van der Waals surface area contributed by atoms with Crippen molar-refractivity contribution >= 4 is 16.6 Å². The number of aryl methyl sites for hydroxylation is 3. The first-order valence-corrected chi connectivity index (χ1v) is 9.33. The van der Waals surface area contributed by atoms with Gasteiger partial charge >= 0.3 is 0 Å². The van der Waals surface area contributed by atoms with Gasteiger partial charge in [0.25, 0.3) is 5.65 Å². The van der Waals surface area contributed by atoms with Crippen LogP contribution in [0.5, 0.6) is 0 Å². The van der Waals surface area contributed by atoms with E-state index < -0.39 is 0 Å². The molecule has 1 aromatic carbocycles. The van der Waals surface area contributed by atoms with Crippen LogP contribution >= 0.6 is 0 Å². The molecule has 0 radical (unpaired) electrons. The van der Waals surface area contributed by atoms with Crippen LogP contribution in [0.4, 0.5) is 0 Å². The largest absolute Gasteiger partial charge is 0.452 e. The standard InChI is InChI=1S/C23H25N2O/c1-12-13(2)15(4)24-16(5)20-21-19(17-10-8-9-11-18(17)26-21)23(6,7)25(20)22(24)14(12)3/h8-11H,1-7H3/q+1. The van der Waals surface area contributed by atoms with Gasteiger partial charge < -0.3 is 4.42 Å². The van der Waals surface area contributed by atoms with E-state index in [1.807, 2.05) is 6.07 Å². The van der Waals surface area contributed by atoms with Gasteiger partial charge in [-0.2, -0.15) is 4.40 Å². The molecule has 3 aromatic heterocycles. The number of pyridine rings is 1. The molecule has 5 rings (SSSR count). The number of nitrogens with zero attached hydrogens (tertiary/aromatic N) is 2. The molecule has 0 amide bonds. The molecule has 0 N–H and O–H groups in total. The molecule has 0 aliphatic carbocycles. The first-order valence-electron chi connectivity index (χ1n) is 9.33. The number of rotatable bonds is 0. The van der Waals surface area contributed by atoms with E-state index in [0.29, 0.717) is 0 Å². The molecular weight excluding hydrogens is 320 g/mol. The number of hydrogen-bond acceptors (Lipinski definition) is 1. The summed E-state index contributed by atoms with van der Waals surface area (Å²) in [4.78, 5) is 0. The van der Waals surface area contributed by atoms with Crippen LogP contribution in [-0.2, 0) is 5.54 Å². The highest BCUT2D eigenvalue weighted by Gasteiger charge is 2.49. The van der Waals surface area contributed by atoms with E-state index in [1.165, 1.54) is 50.4 Å². The Kier molecular flexibility index (Phi) is 2.77. The monoisotopic (exact) mass is 345 g/mol. The van der Waals surface area contributed by atoms with E-state index in [0.717, 1.165) is 11.3 Å². The summed E-state index contributed by atoms with van der Waals surface area (Å²) in [5.41, 5.74) is 11.3. The normalized spacial score (nSPS) is 15.0. The maximum atomic E-state index is 6.39. The zero-order valence-electron chi connectivity index (χ0n) is 16.6. The van der Waals surface area contributed by atoms with Crippen LogP contribution in [0, 0.1) is 34.6 Å². The quantitative estimate of drug-likeness (QED) is 0.397. The Morgan fingerprint density at radius 3 is 2.31 bits per heavy atom. The third kappa shape index (κ3) is 1.53. The molecular formula is C23H25N2O+. The second-order valence-corrected chi connectivity index (χ2v) is 8.25. The van der Waals surface area contributed by atoms with E-state index in [4.69, 9.17) is 4.42 Å². The molecule has 0 saturated carbocycles. The van der Waals surface area contributed by atoms with Gasteiger partial charge in [-0.3, -0.25) is 0 Å². The molecule has 0 spiro atoms. The van der Waals surface area contributed by atoms with E-state index in [9.17, 15) is 0 Å². The van der Waals surface area contributed by atoms with Gasteiger partial charge in [-0.05, 0) is 58.7 Å². The Morgan fingerprint density at radius 2 is 1.58 bits per heavy atom. The van der Waals surface area contributed by atoms with Gasteiger partial charge in [-0.25, -0.2) is 4.57 Å².